The first-order chi connectivity index (χ1) is 12.7. The normalized spacial score (nSPS) is 14.8. The number of methoxy groups -OCH3 is 1. The quantitative estimate of drug-likeness (QED) is 0.760. The van der Waals surface area contributed by atoms with E-state index in [0.717, 1.165) is 42.1 Å². The van der Waals surface area contributed by atoms with Crippen molar-refractivity contribution >= 4 is 23.2 Å². The molecular formula is C19H23N3O3S. The fourth-order valence-electron chi connectivity index (χ4n) is 2.90. The SMILES string of the molecule is COC(=O)CCc1ccc(-c2nc(C(=O)NC3CCNCC3)cs2)cc1. The smallest absolute Gasteiger partial charge is 0.305 e. The molecule has 0 saturated carbocycles. The number of nitrogens with one attached hydrogen (secondary N) is 2. The molecule has 1 aliphatic rings. The zero-order chi connectivity index (χ0) is 18.4. The van der Waals surface area contributed by atoms with Gasteiger partial charge in [-0.15, -0.1) is 11.3 Å². The summed E-state index contributed by atoms with van der Waals surface area (Å²) in [5, 5.41) is 8.97. The number of nitrogens with zero attached hydrogens (tertiary/aromatic N) is 1. The number of aromatic nitrogens is 1. The molecule has 2 N–H and O–H groups in total. The standard InChI is InChI=1S/C19H23N3O3S/c1-25-17(23)7-4-13-2-5-14(6-3-13)19-22-16(12-26-19)18(24)21-15-8-10-20-11-9-15/h2-3,5-6,12,15,20H,4,7-11H2,1H3,(H,21,24). The van der Waals surface area contributed by atoms with Crippen LogP contribution in [-0.2, 0) is 16.0 Å². The maximum Gasteiger partial charge on any atom is 0.305 e. The predicted octanol–water partition coefficient (Wildman–Crippen LogP) is 2.40. The van der Waals surface area contributed by atoms with E-state index < -0.39 is 0 Å². The first-order valence-corrected chi connectivity index (χ1v) is 9.67. The van der Waals surface area contributed by atoms with Crippen LogP contribution in [-0.4, -0.2) is 43.1 Å². The van der Waals surface area contributed by atoms with Gasteiger partial charge in [-0.3, -0.25) is 9.59 Å². The second-order valence-electron chi connectivity index (χ2n) is 6.31. The van der Waals surface area contributed by atoms with Crippen LogP contribution < -0.4 is 10.6 Å². The number of piperidine rings is 1. The highest BCUT2D eigenvalue weighted by Crippen LogP contribution is 2.24. The molecule has 1 saturated heterocycles. The Morgan fingerprint density at radius 2 is 2.00 bits per heavy atom. The predicted molar refractivity (Wildman–Crippen MR) is 101 cm³/mol. The number of rotatable bonds is 6. The van der Waals surface area contributed by atoms with Crippen molar-refractivity contribution in [1.29, 1.82) is 0 Å². The number of aryl methyl sites for hydroxylation is 1. The van der Waals surface area contributed by atoms with Crippen LogP contribution in [0.4, 0.5) is 0 Å². The van der Waals surface area contributed by atoms with Gasteiger partial charge in [0.25, 0.3) is 5.91 Å². The highest BCUT2D eigenvalue weighted by Gasteiger charge is 2.18. The van der Waals surface area contributed by atoms with Crippen molar-refractivity contribution in [3.8, 4) is 10.6 Å². The Morgan fingerprint density at radius 1 is 1.27 bits per heavy atom. The lowest BCUT2D eigenvalue weighted by molar-refractivity contribution is -0.140. The van der Waals surface area contributed by atoms with Gasteiger partial charge in [0.2, 0.25) is 0 Å². The van der Waals surface area contributed by atoms with Crippen molar-refractivity contribution in [2.24, 2.45) is 0 Å². The number of hydrogen-bond donors (Lipinski definition) is 2. The van der Waals surface area contributed by atoms with Gasteiger partial charge in [-0.05, 0) is 37.9 Å². The van der Waals surface area contributed by atoms with E-state index in [1.807, 2.05) is 24.3 Å². The Morgan fingerprint density at radius 3 is 2.69 bits per heavy atom. The second kappa shape index (κ2) is 8.91. The zero-order valence-corrected chi connectivity index (χ0v) is 15.6. The highest BCUT2D eigenvalue weighted by molar-refractivity contribution is 7.13. The van der Waals surface area contributed by atoms with Gasteiger partial charge in [-0.25, -0.2) is 4.98 Å². The molecule has 1 amide bonds. The summed E-state index contributed by atoms with van der Waals surface area (Å²) >= 11 is 1.46. The van der Waals surface area contributed by atoms with E-state index in [9.17, 15) is 9.59 Å². The van der Waals surface area contributed by atoms with E-state index in [1.54, 1.807) is 5.38 Å². The molecule has 1 aromatic carbocycles. The van der Waals surface area contributed by atoms with Gasteiger partial charge in [0.1, 0.15) is 10.7 Å². The van der Waals surface area contributed by atoms with Gasteiger partial charge >= 0.3 is 5.97 Å². The molecule has 6 nitrogen and oxygen atoms in total. The third-order valence-corrected chi connectivity index (χ3v) is 5.35. The fraction of sp³-hybridized carbons (Fsp3) is 0.421. The summed E-state index contributed by atoms with van der Waals surface area (Å²) in [6.45, 7) is 1.88. The monoisotopic (exact) mass is 373 g/mol. The summed E-state index contributed by atoms with van der Waals surface area (Å²) in [7, 11) is 1.40. The summed E-state index contributed by atoms with van der Waals surface area (Å²) in [5.41, 5.74) is 2.51. The Kier molecular flexibility index (Phi) is 6.35. The molecular weight excluding hydrogens is 350 g/mol. The highest BCUT2D eigenvalue weighted by atomic mass is 32.1. The van der Waals surface area contributed by atoms with Crippen LogP contribution in [0.5, 0.6) is 0 Å². The van der Waals surface area contributed by atoms with E-state index in [0.29, 0.717) is 18.5 Å². The number of amides is 1. The molecule has 0 unspecified atom stereocenters. The molecule has 1 aliphatic heterocycles. The molecule has 0 bridgehead atoms. The van der Waals surface area contributed by atoms with E-state index in [4.69, 9.17) is 0 Å². The first-order valence-electron chi connectivity index (χ1n) is 8.79. The van der Waals surface area contributed by atoms with Gasteiger partial charge in [0.05, 0.1) is 7.11 Å². The number of thiazole rings is 1. The summed E-state index contributed by atoms with van der Waals surface area (Å²) in [5.74, 6) is -0.313. The Balaban J connectivity index is 1.59. The van der Waals surface area contributed by atoms with Crippen LogP contribution in [0.25, 0.3) is 10.6 Å². The minimum atomic E-state index is -0.210. The molecule has 3 rings (SSSR count). The lowest BCUT2D eigenvalue weighted by atomic mass is 10.1. The van der Waals surface area contributed by atoms with Crippen molar-refractivity contribution in [3.05, 3.63) is 40.9 Å². The molecule has 1 aromatic heterocycles. The van der Waals surface area contributed by atoms with E-state index in [2.05, 4.69) is 20.4 Å². The molecule has 26 heavy (non-hydrogen) atoms. The van der Waals surface area contributed by atoms with Gasteiger partial charge in [-0.1, -0.05) is 24.3 Å². The topological polar surface area (TPSA) is 80.3 Å². The number of esters is 1. The number of carbonyl (C=O) groups excluding carboxylic acids is 2. The molecule has 1 fully saturated rings. The Hall–Kier alpha value is -2.25. The average Bonchev–Trinajstić information content (AvgIpc) is 3.17. The van der Waals surface area contributed by atoms with Crippen molar-refractivity contribution in [2.45, 2.75) is 31.7 Å². The van der Waals surface area contributed by atoms with Gasteiger partial charge in [0, 0.05) is 23.4 Å². The summed E-state index contributed by atoms with van der Waals surface area (Å²) in [6, 6.07) is 8.13. The van der Waals surface area contributed by atoms with Crippen molar-refractivity contribution in [2.75, 3.05) is 20.2 Å². The minimum Gasteiger partial charge on any atom is -0.469 e. The molecule has 0 aliphatic carbocycles. The summed E-state index contributed by atoms with van der Waals surface area (Å²) < 4.78 is 4.66. The minimum absolute atomic E-state index is 0.103. The summed E-state index contributed by atoms with van der Waals surface area (Å²) in [6.07, 6.45) is 2.92. The van der Waals surface area contributed by atoms with Crippen LogP contribution in [0, 0.1) is 0 Å². The molecule has 0 radical (unpaired) electrons. The molecule has 2 heterocycles. The lowest BCUT2D eigenvalue weighted by Gasteiger charge is -2.23. The largest absolute Gasteiger partial charge is 0.469 e. The van der Waals surface area contributed by atoms with Crippen molar-refractivity contribution in [1.82, 2.24) is 15.6 Å². The van der Waals surface area contributed by atoms with E-state index >= 15 is 0 Å². The Bertz CT molecular complexity index is 752. The molecule has 0 atom stereocenters. The number of hydrogen-bond acceptors (Lipinski definition) is 6. The van der Waals surface area contributed by atoms with Gasteiger partial charge < -0.3 is 15.4 Å². The van der Waals surface area contributed by atoms with Crippen LogP contribution >= 0.6 is 11.3 Å². The van der Waals surface area contributed by atoms with Crippen LogP contribution in [0.1, 0.15) is 35.3 Å². The first kappa shape index (κ1) is 18.5. The molecule has 0 spiro atoms. The summed E-state index contributed by atoms with van der Waals surface area (Å²) in [4.78, 5) is 28.0. The fourth-order valence-corrected chi connectivity index (χ4v) is 3.70. The van der Waals surface area contributed by atoms with Crippen molar-refractivity contribution in [3.63, 3.8) is 0 Å². The Labute approximate surface area is 157 Å². The van der Waals surface area contributed by atoms with Crippen LogP contribution in [0.15, 0.2) is 29.6 Å². The van der Waals surface area contributed by atoms with E-state index in [-0.39, 0.29) is 17.9 Å². The molecule has 138 valence electrons. The van der Waals surface area contributed by atoms with Crippen LogP contribution in [0.2, 0.25) is 0 Å². The maximum absolute atomic E-state index is 12.4. The number of carbonyl (C=O) groups is 2. The molecule has 2 aromatic rings. The average molecular weight is 373 g/mol. The molecule has 7 heteroatoms. The van der Waals surface area contributed by atoms with Gasteiger partial charge in [-0.2, -0.15) is 0 Å². The zero-order valence-electron chi connectivity index (χ0n) is 14.8. The number of ether oxygens (including phenoxy) is 1. The number of benzene rings is 1. The van der Waals surface area contributed by atoms with Gasteiger partial charge in [0.15, 0.2) is 0 Å². The third kappa shape index (κ3) is 4.89. The van der Waals surface area contributed by atoms with Crippen LogP contribution in [0.3, 0.4) is 0 Å². The maximum atomic E-state index is 12.4. The third-order valence-electron chi connectivity index (χ3n) is 4.46. The lowest BCUT2D eigenvalue weighted by Crippen LogP contribution is -2.42. The van der Waals surface area contributed by atoms with Crippen molar-refractivity contribution < 1.29 is 14.3 Å². The second-order valence-corrected chi connectivity index (χ2v) is 7.17. The van der Waals surface area contributed by atoms with E-state index in [1.165, 1.54) is 18.4 Å².